The molecule has 1 fully saturated rings. The van der Waals surface area contributed by atoms with Crippen LogP contribution in [0.2, 0.25) is 0 Å². The number of piperazine rings is 1. The lowest BCUT2D eigenvalue weighted by atomic mass is 10.1. The summed E-state index contributed by atoms with van der Waals surface area (Å²) in [6, 6.07) is 14.2. The molecule has 0 spiro atoms. The number of nitrogens with zero attached hydrogens (tertiary/aromatic N) is 3. The molecular weight excluding hydrogens is 359 g/mol. The summed E-state index contributed by atoms with van der Waals surface area (Å²) >= 11 is 0. The molecule has 140 valence electrons. The number of hydrogen-bond acceptors (Lipinski definition) is 4. The average molecular weight is 375 g/mol. The van der Waals surface area contributed by atoms with E-state index in [2.05, 4.69) is 15.7 Å². The fourth-order valence-electron chi connectivity index (χ4n) is 2.90. The van der Waals surface area contributed by atoms with Crippen molar-refractivity contribution in [1.82, 2.24) is 4.90 Å². The highest BCUT2D eigenvalue weighted by atomic mass is 19.4. The molecule has 1 aliphatic rings. The summed E-state index contributed by atoms with van der Waals surface area (Å²) in [5, 5.41) is 8.84. The van der Waals surface area contributed by atoms with Crippen LogP contribution in [0.4, 0.5) is 18.9 Å². The third-order valence-electron chi connectivity index (χ3n) is 4.26. The number of benzene rings is 2. The van der Waals surface area contributed by atoms with Gasteiger partial charge in [-0.3, -0.25) is 4.79 Å². The lowest BCUT2D eigenvalue weighted by Crippen LogP contribution is -2.48. The van der Waals surface area contributed by atoms with Crippen LogP contribution in [0.5, 0.6) is 5.75 Å². The molecular formula is C19H16F3N3O2. The third kappa shape index (κ3) is 4.70. The first-order chi connectivity index (χ1) is 12.9. The first-order valence-electron chi connectivity index (χ1n) is 8.26. The zero-order valence-corrected chi connectivity index (χ0v) is 14.2. The molecule has 27 heavy (non-hydrogen) atoms. The Labute approximate surface area is 154 Å². The van der Waals surface area contributed by atoms with Crippen LogP contribution in [0.25, 0.3) is 0 Å². The molecule has 1 amide bonds. The van der Waals surface area contributed by atoms with Crippen molar-refractivity contribution in [3.05, 3.63) is 59.7 Å². The van der Waals surface area contributed by atoms with Crippen LogP contribution >= 0.6 is 0 Å². The molecule has 0 radical (unpaired) electrons. The third-order valence-corrected chi connectivity index (χ3v) is 4.26. The first-order valence-corrected chi connectivity index (χ1v) is 8.26. The number of carbonyl (C=O) groups is 1. The molecule has 0 unspecified atom stereocenters. The summed E-state index contributed by atoms with van der Waals surface area (Å²) in [6.45, 7) is 2.26. The van der Waals surface area contributed by atoms with Crippen molar-refractivity contribution in [2.24, 2.45) is 0 Å². The number of nitriles is 1. The number of anilines is 1. The van der Waals surface area contributed by atoms with E-state index in [4.69, 9.17) is 5.26 Å². The molecule has 0 saturated carbocycles. The molecule has 0 aromatic heterocycles. The molecule has 2 aromatic carbocycles. The number of amides is 1. The molecule has 0 bridgehead atoms. The van der Waals surface area contributed by atoms with E-state index >= 15 is 0 Å². The van der Waals surface area contributed by atoms with E-state index in [-0.39, 0.29) is 11.7 Å². The van der Waals surface area contributed by atoms with Gasteiger partial charge >= 0.3 is 6.36 Å². The Morgan fingerprint density at radius 1 is 0.963 bits per heavy atom. The molecule has 1 heterocycles. The highest BCUT2D eigenvalue weighted by molar-refractivity contribution is 5.94. The van der Waals surface area contributed by atoms with Crippen molar-refractivity contribution in [3.8, 4) is 11.8 Å². The zero-order valence-electron chi connectivity index (χ0n) is 14.2. The van der Waals surface area contributed by atoms with Crippen LogP contribution in [0.3, 0.4) is 0 Å². The normalized spacial score (nSPS) is 14.6. The van der Waals surface area contributed by atoms with Gasteiger partial charge in [-0.25, -0.2) is 0 Å². The lowest BCUT2D eigenvalue weighted by Gasteiger charge is -2.36. The smallest absolute Gasteiger partial charge is 0.406 e. The summed E-state index contributed by atoms with van der Waals surface area (Å²) in [7, 11) is 0. The SMILES string of the molecule is N#Cc1ccc(N2CCN(C(=O)c3ccc(OC(F)(F)F)cc3)CC2)cc1. The maximum Gasteiger partial charge on any atom is 0.573 e. The minimum atomic E-state index is -4.76. The molecule has 1 saturated heterocycles. The van der Waals surface area contributed by atoms with Gasteiger partial charge in [0.1, 0.15) is 5.75 Å². The molecule has 0 aliphatic carbocycles. The Morgan fingerprint density at radius 3 is 2.07 bits per heavy atom. The van der Waals surface area contributed by atoms with Crippen LogP contribution < -0.4 is 9.64 Å². The molecule has 8 heteroatoms. The Hall–Kier alpha value is -3.21. The highest BCUT2D eigenvalue weighted by Gasteiger charge is 2.31. The van der Waals surface area contributed by atoms with Crippen LogP contribution in [-0.2, 0) is 0 Å². The Bertz CT molecular complexity index is 834. The van der Waals surface area contributed by atoms with Crippen molar-refractivity contribution >= 4 is 11.6 Å². The predicted molar refractivity (Wildman–Crippen MR) is 92.4 cm³/mol. The van der Waals surface area contributed by atoms with E-state index < -0.39 is 6.36 Å². The van der Waals surface area contributed by atoms with Gasteiger partial charge in [-0.05, 0) is 48.5 Å². The monoisotopic (exact) mass is 375 g/mol. The largest absolute Gasteiger partial charge is 0.573 e. The van der Waals surface area contributed by atoms with E-state index in [1.54, 1.807) is 17.0 Å². The van der Waals surface area contributed by atoms with Gasteiger partial charge in [0.2, 0.25) is 0 Å². The molecule has 3 rings (SSSR count). The highest BCUT2D eigenvalue weighted by Crippen LogP contribution is 2.23. The van der Waals surface area contributed by atoms with Crippen molar-refractivity contribution in [2.45, 2.75) is 6.36 Å². The number of rotatable bonds is 3. The van der Waals surface area contributed by atoms with Crippen LogP contribution in [-0.4, -0.2) is 43.3 Å². The summed E-state index contributed by atoms with van der Waals surface area (Å²) in [4.78, 5) is 16.3. The van der Waals surface area contributed by atoms with Gasteiger partial charge < -0.3 is 14.5 Å². The van der Waals surface area contributed by atoms with Crippen molar-refractivity contribution in [1.29, 1.82) is 5.26 Å². The van der Waals surface area contributed by atoms with Crippen molar-refractivity contribution < 1.29 is 22.7 Å². The van der Waals surface area contributed by atoms with Crippen LogP contribution in [0.1, 0.15) is 15.9 Å². The van der Waals surface area contributed by atoms with Gasteiger partial charge in [0.25, 0.3) is 5.91 Å². The summed E-state index contributed by atoms with van der Waals surface area (Å²) < 4.78 is 40.4. The second-order valence-electron chi connectivity index (χ2n) is 6.01. The summed E-state index contributed by atoms with van der Waals surface area (Å²) in [5.41, 5.74) is 1.89. The van der Waals surface area contributed by atoms with Gasteiger partial charge in [-0.15, -0.1) is 13.2 Å². The average Bonchev–Trinajstić information content (AvgIpc) is 2.67. The second-order valence-corrected chi connectivity index (χ2v) is 6.01. The number of halogens is 3. The van der Waals surface area contributed by atoms with Gasteiger partial charge in [-0.1, -0.05) is 0 Å². The standard InChI is InChI=1S/C19H16F3N3O2/c20-19(21,22)27-17-7-3-15(4-8-17)18(26)25-11-9-24(10-12-25)16-5-1-14(13-23)2-6-16/h1-8H,9-12H2. The second kappa shape index (κ2) is 7.58. The zero-order chi connectivity index (χ0) is 19.4. The van der Waals surface area contributed by atoms with Gasteiger partial charge in [-0.2, -0.15) is 5.26 Å². The van der Waals surface area contributed by atoms with Gasteiger partial charge in [0.15, 0.2) is 0 Å². The number of carbonyl (C=O) groups excluding carboxylic acids is 1. The Kier molecular flexibility index (Phi) is 5.21. The molecule has 1 aliphatic heterocycles. The number of ether oxygens (including phenoxy) is 1. The van der Waals surface area contributed by atoms with E-state index in [9.17, 15) is 18.0 Å². The maximum absolute atomic E-state index is 12.5. The molecule has 5 nitrogen and oxygen atoms in total. The van der Waals surface area contributed by atoms with Crippen molar-refractivity contribution in [2.75, 3.05) is 31.1 Å². The molecule has 0 atom stereocenters. The minimum absolute atomic E-state index is 0.229. The lowest BCUT2D eigenvalue weighted by molar-refractivity contribution is -0.274. The van der Waals surface area contributed by atoms with Crippen LogP contribution in [0.15, 0.2) is 48.5 Å². The summed E-state index contributed by atoms with van der Waals surface area (Å²) in [5.74, 6) is -0.585. The number of alkyl halides is 3. The first kappa shape index (κ1) is 18.6. The fourth-order valence-corrected chi connectivity index (χ4v) is 2.90. The van der Waals surface area contributed by atoms with Gasteiger partial charge in [0.05, 0.1) is 11.6 Å². The Balaban J connectivity index is 1.58. The quantitative estimate of drug-likeness (QED) is 0.825. The molecule has 0 N–H and O–H groups in total. The Morgan fingerprint density at radius 2 is 1.56 bits per heavy atom. The minimum Gasteiger partial charge on any atom is -0.406 e. The van der Waals surface area contributed by atoms with Crippen molar-refractivity contribution in [3.63, 3.8) is 0 Å². The van der Waals surface area contributed by atoms with E-state index in [1.165, 1.54) is 12.1 Å². The van der Waals surface area contributed by atoms with Gasteiger partial charge in [0, 0.05) is 37.4 Å². The number of hydrogen-bond donors (Lipinski definition) is 0. The van der Waals surface area contributed by atoms with Crippen LogP contribution in [0, 0.1) is 11.3 Å². The molecule has 2 aromatic rings. The van der Waals surface area contributed by atoms with E-state index in [0.717, 1.165) is 17.8 Å². The van der Waals surface area contributed by atoms with E-state index in [0.29, 0.717) is 37.3 Å². The summed E-state index contributed by atoms with van der Waals surface area (Å²) in [6.07, 6.45) is -4.76. The topological polar surface area (TPSA) is 56.6 Å². The predicted octanol–water partition coefficient (Wildman–Crippen LogP) is 3.42. The maximum atomic E-state index is 12.5. The fraction of sp³-hybridized carbons (Fsp3) is 0.263. The van der Waals surface area contributed by atoms with E-state index in [1.807, 2.05) is 12.1 Å².